The molecule has 1 unspecified atom stereocenters. The molecular formula is C21H36O2Si. The van der Waals surface area contributed by atoms with Gasteiger partial charge in [-0.1, -0.05) is 45.8 Å². The van der Waals surface area contributed by atoms with Crippen LogP contribution in [-0.4, -0.2) is 20.7 Å². The summed E-state index contributed by atoms with van der Waals surface area (Å²) in [5, 5.41) is 0.300. The first kappa shape index (κ1) is 18.4. The molecule has 24 heavy (non-hydrogen) atoms. The number of fused-ring (bicyclic) bond motifs is 5. The molecule has 3 aliphatic carbocycles. The van der Waals surface area contributed by atoms with Crippen LogP contribution in [-0.2, 0) is 9.22 Å². The lowest BCUT2D eigenvalue weighted by Gasteiger charge is -2.36. The third-order valence-electron chi connectivity index (χ3n) is 7.38. The Morgan fingerprint density at radius 1 is 1.08 bits per heavy atom. The Labute approximate surface area is 149 Å². The van der Waals surface area contributed by atoms with Crippen molar-refractivity contribution in [3.05, 3.63) is 12.2 Å². The maximum Gasteiger partial charge on any atom is 0.191 e. The molecule has 0 aliphatic heterocycles. The summed E-state index contributed by atoms with van der Waals surface area (Å²) in [6.07, 6.45) is 11.8. The van der Waals surface area contributed by atoms with Gasteiger partial charge in [0.25, 0.3) is 0 Å². The zero-order valence-corrected chi connectivity index (χ0v) is 17.3. The first-order valence-electron chi connectivity index (χ1n) is 10.1. The van der Waals surface area contributed by atoms with E-state index < -0.39 is 8.32 Å². The fraction of sp³-hybridized carbons (Fsp3) is 0.857. The van der Waals surface area contributed by atoms with E-state index in [1.165, 1.54) is 25.7 Å². The van der Waals surface area contributed by atoms with E-state index in [0.29, 0.717) is 34.5 Å². The van der Waals surface area contributed by atoms with Crippen molar-refractivity contribution in [2.75, 3.05) is 6.61 Å². The Kier molecular flexibility index (Phi) is 5.14. The molecule has 0 heterocycles. The van der Waals surface area contributed by atoms with Crippen molar-refractivity contribution < 1.29 is 9.22 Å². The molecule has 2 nitrogen and oxygen atoms in total. The van der Waals surface area contributed by atoms with Gasteiger partial charge in [0.1, 0.15) is 5.78 Å². The van der Waals surface area contributed by atoms with Crippen LogP contribution in [0.2, 0.25) is 18.1 Å². The summed E-state index contributed by atoms with van der Waals surface area (Å²) < 4.78 is 6.25. The Morgan fingerprint density at radius 3 is 2.46 bits per heavy atom. The number of ketones is 1. The van der Waals surface area contributed by atoms with Crippen LogP contribution < -0.4 is 0 Å². The Bertz CT molecular complexity index is 502. The number of rotatable bonds is 7. The zero-order valence-electron chi connectivity index (χ0n) is 16.3. The minimum Gasteiger partial charge on any atom is -0.417 e. The largest absolute Gasteiger partial charge is 0.417 e. The van der Waals surface area contributed by atoms with Crippen molar-refractivity contribution in [3.8, 4) is 0 Å². The van der Waals surface area contributed by atoms with Gasteiger partial charge in [-0.2, -0.15) is 0 Å². The fourth-order valence-electron chi connectivity index (χ4n) is 4.86. The molecule has 2 saturated carbocycles. The third kappa shape index (κ3) is 3.44. The van der Waals surface area contributed by atoms with Gasteiger partial charge in [-0.15, -0.1) is 0 Å². The van der Waals surface area contributed by atoms with E-state index >= 15 is 0 Å². The van der Waals surface area contributed by atoms with Gasteiger partial charge >= 0.3 is 0 Å². The summed E-state index contributed by atoms with van der Waals surface area (Å²) in [6.45, 7) is 12.4. The van der Waals surface area contributed by atoms with Gasteiger partial charge in [-0.3, -0.25) is 4.79 Å². The van der Waals surface area contributed by atoms with Gasteiger partial charge in [0.2, 0.25) is 0 Å². The van der Waals surface area contributed by atoms with Gasteiger partial charge in [0.05, 0.1) is 0 Å². The lowest BCUT2D eigenvalue weighted by Crippen LogP contribution is -2.40. The first-order valence-corrected chi connectivity index (χ1v) is 13.0. The normalized spacial score (nSPS) is 35.0. The van der Waals surface area contributed by atoms with Crippen molar-refractivity contribution in [2.45, 2.75) is 77.4 Å². The Balaban J connectivity index is 1.33. The monoisotopic (exact) mass is 348 g/mol. The maximum absolute atomic E-state index is 12.7. The Hall–Kier alpha value is -0.413. The van der Waals surface area contributed by atoms with E-state index in [2.05, 4.69) is 46.0 Å². The standard InChI is InChI=1S/C21H36O2Si/c1-21(2,3)24(4,5)23-12-8-6-7-9-17-14-18-15-10-11-16(13-15)19(18)20(17)22/h10-11,15-19H,6-9,12-14H2,1-5H3/t15-,16+,17?,18-,19+/m0/s1. The predicted octanol–water partition coefficient (Wildman–Crippen LogP) is 5.60. The maximum atomic E-state index is 12.7. The van der Waals surface area contributed by atoms with Crippen LogP contribution in [0.15, 0.2) is 12.2 Å². The summed E-state index contributed by atoms with van der Waals surface area (Å²) in [5.74, 6) is 3.38. The summed E-state index contributed by atoms with van der Waals surface area (Å²) in [7, 11) is -1.59. The van der Waals surface area contributed by atoms with Gasteiger partial charge in [0.15, 0.2) is 8.32 Å². The number of hydrogen-bond acceptors (Lipinski definition) is 2. The van der Waals surface area contributed by atoms with E-state index in [-0.39, 0.29) is 0 Å². The van der Waals surface area contributed by atoms with Crippen LogP contribution >= 0.6 is 0 Å². The van der Waals surface area contributed by atoms with Gasteiger partial charge in [-0.05, 0) is 61.6 Å². The van der Waals surface area contributed by atoms with E-state index in [1.54, 1.807) is 0 Å². The van der Waals surface area contributed by atoms with E-state index in [0.717, 1.165) is 25.4 Å². The minimum absolute atomic E-state index is 0.300. The lowest BCUT2D eigenvalue weighted by molar-refractivity contribution is -0.125. The average Bonchev–Trinajstić information content (AvgIpc) is 3.15. The van der Waals surface area contributed by atoms with Crippen molar-refractivity contribution in [1.29, 1.82) is 0 Å². The number of carbonyl (C=O) groups is 1. The molecule has 0 aromatic heterocycles. The highest BCUT2D eigenvalue weighted by atomic mass is 28.4. The molecule has 0 aromatic rings. The molecule has 0 saturated heterocycles. The third-order valence-corrected chi connectivity index (χ3v) is 11.9. The topological polar surface area (TPSA) is 26.3 Å². The first-order chi connectivity index (χ1) is 11.2. The second-order valence-electron chi connectivity index (χ2n) is 9.93. The smallest absolute Gasteiger partial charge is 0.191 e. The van der Waals surface area contributed by atoms with Crippen LogP contribution in [0.5, 0.6) is 0 Å². The molecule has 0 radical (unpaired) electrons. The predicted molar refractivity (Wildman–Crippen MR) is 102 cm³/mol. The van der Waals surface area contributed by atoms with Gasteiger partial charge < -0.3 is 4.43 Å². The molecule has 3 rings (SSSR count). The molecule has 3 aliphatic rings. The van der Waals surface area contributed by atoms with E-state index in [1.807, 2.05) is 0 Å². The molecule has 2 bridgehead atoms. The van der Waals surface area contributed by atoms with Crippen LogP contribution in [0.1, 0.15) is 59.3 Å². The molecule has 3 heteroatoms. The van der Waals surface area contributed by atoms with E-state index in [9.17, 15) is 4.79 Å². The van der Waals surface area contributed by atoms with Crippen LogP contribution in [0.4, 0.5) is 0 Å². The summed E-state index contributed by atoms with van der Waals surface area (Å²) in [4.78, 5) is 12.7. The van der Waals surface area contributed by atoms with Crippen molar-refractivity contribution in [2.24, 2.45) is 29.6 Å². The van der Waals surface area contributed by atoms with Crippen LogP contribution in [0, 0.1) is 29.6 Å². The minimum atomic E-state index is -1.59. The highest BCUT2D eigenvalue weighted by molar-refractivity contribution is 6.74. The quantitative estimate of drug-likeness (QED) is 0.340. The second kappa shape index (κ2) is 6.72. The van der Waals surface area contributed by atoms with Gasteiger partial charge in [0, 0.05) is 18.4 Å². The molecular weight excluding hydrogens is 312 g/mol. The average molecular weight is 349 g/mol. The number of allylic oxidation sites excluding steroid dienone is 2. The van der Waals surface area contributed by atoms with Gasteiger partial charge in [-0.25, -0.2) is 0 Å². The summed E-state index contributed by atoms with van der Waals surface area (Å²) >= 11 is 0. The second-order valence-corrected chi connectivity index (χ2v) is 14.7. The number of carbonyl (C=O) groups excluding carboxylic acids is 1. The summed E-state index contributed by atoms with van der Waals surface area (Å²) in [5.41, 5.74) is 0. The molecule has 0 N–H and O–H groups in total. The molecule has 0 aromatic carbocycles. The molecule has 5 atom stereocenters. The molecule has 136 valence electrons. The highest BCUT2D eigenvalue weighted by Crippen LogP contribution is 2.56. The SMILES string of the molecule is CC(C)(C)[Si](C)(C)OCCCCCC1C[C@@H]2[C@H](C1=O)[C@@H]1C=C[C@H]2C1. The zero-order chi connectivity index (χ0) is 17.5. The number of Topliss-reactive ketones (excluding diaryl/α,β-unsaturated/α-hetero) is 1. The molecule has 0 amide bonds. The molecule has 0 spiro atoms. The summed E-state index contributed by atoms with van der Waals surface area (Å²) in [6, 6.07) is 0. The van der Waals surface area contributed by atoms with Crippen LogP contribution in [0.25, 0.3) is 0 Å². The van der Waals surface area contributed by atoms with E-state index in [4.69, 9.17) is 4.43 Å². The number of hydrogen-bond donors (Lipinski definition) is 0. The lowest BCUT2D eigenvalue weighted by atomic mass is 9.86. The van der Waals surface area contributed by atoms with Crippen molar-refractivity contribution >= 4 is 14.1 Å². The molecule has 2 fully saturated rings. The van der Waals surface area contributed by atoms with Crippen LogP contribution in [0.3, 0.4) is 0 Å². The Morgan fingerprint density at radius 2 is 1.79 bits per heavy atom. The number of unbranched alkanes of at least 4 members (excludes halogenated alkanes) is 2. The van der Waals surface area contributed by atoms with Crippen molar-refractivity contribution in [3.63, 3.8) is 0 Å². The highest BCUT2D eigenvalue weighted by Gasteiger charge is 2.54. The van der Waals surface area contributed by atoms with Crippen molar-refractivity contribution in [1.82, 2.24) is 0 Å². The fourth-order valence-corrected chi connectivity index (χ4v) is 5.95.